The predicted molar refractivity (Wildman–Crippen MR) is 305 cm³/mol. The molecule has 0 aliphatic carbocycles. The maximum absolute atomic E-state index is 17.2. The molecule has 10 rings (SSSR count). The number of rotatable bonds is 19. The van der Waals surface area contributed by atoms with Crippen LogP contribution in [0.15, 0.2) is 74.1 Å². The number of nitrogens with zero attached hydrogens (tertiary/aromatic N) is 6. The molecule has 4 fully saturated rings. The summed E-state index contributed by atoms with van der Waals surface area (Å²) in [6, 6.07) is 8.66. The Kier molecular flexibility index (Phi) is 17.4. The molecular formula is C57H62Cl2F2N10O10. The number of methoxy groups -OCH3 is 3. The van der Waals surface area contributed by atoms with Gasteiger partial charge in [0.15, 0.2) is 23.1 Å². The third kappa shape index (κ3) is 12.2. The van der Waals surface area contributed by atoms with Gasteiger partial charge in [0.05, 0.1) is 130 Å². The van der Waals surface area contributed by atoms with Gasteiger partial charge in [0, 0.05) is 84.2 Å². The van der Waals surface area contributed by atoms with Crippen LogP contribution in [0.5, 0.6) is 23.0 Å². The summed E-state index contributed by atoms with van der Waals surface area (Å²) in [7, 11) is 4.28. The number of halogens is 4. The third-order valence-corrected chi connectivity index (χ3v) is 15.3. The van der Waals surface area contributed by atoms with Crippen molar-refractivity contribution in [1.29, 1.82) is 0 Å². The fraction of sp³-hybridized carbons (Fsp3) is 0.404. The monoisotopic (exact) mass is 1150 g/mol. The molecule has 0 bridgehead atoms. The van der Waals surface area contributed by atoms with Gasteiger partial charge in [-0.05, 0) is 50.3 Å². The zero-order chi connectivity index (χ0) is 57.1. The van der Waals surface area contributed by atoms with Crippen LogP contribution in [-0.2, 0) is 28.5 Å². The summed E-state index contributed by atoms with van der Waals surface area (Å²) in [5.74, 6) is -0.382. The molecule has 0 spiro atoms. The van der Waals surface area contributed by atoms with Gasteiger partial charge >= 0.3 is 0 Å². The number of hydrogen-bond acceptors (Lipinski definition) is 18. The molecule has 2 aromatic carbocycles. The molecule has 2 amide bonds. The zero-order valence-electron chi connectivity index (χ0n) is 45.3. The molecule has 24 heteroatoms. The van der Waals surface area contributed by atoms with Gasteiger partial charge in [0.2, 0.25) is 11.8 Å². The van der Waals surface area contributed by atoms with E-state index in [1.807, 2.05) is 36.9 Å². The first-order chi connectivity index (χ1) is 39.2. The van der Waals surface area contributed by atoms with E-state index in [2.05, 4.69) is 44.3 Å². The number of morpholine rings is 2. The van der Waals surface area contributed by atoms with Crippen molar-refractivity contribution in [1.82, 2.24) is 30.6 Å². The molecule has 0 saturated carbocycles. The summed E-state index contributed by atoms with van der Waals surface area (Å²) in [6.07, 6.45) is 5.22. The number of aromatic nitrogens is 4. The van der Waals surface area contributed by atoms with Crippen molar-refractivity contribution in [3.8, 4) is 45.5 Å². The average molecular weight is 1160 g/mol. The average Bonchev–Trinajstić information content (AvgIpc) is 4.18. The Balaban J connectivity index is 0.936. The second kappa shape index (κ2) is 24.8. The minimum absolute atomic E-state index is 0.00505. The number of benzene rings is 2. The topological polar surface area (TPSA) is 214 Å². The molecule has 4 N–H and O–H groups in total. The number of ether oxygens (including phenoxy) is 8. The quantitative estimate of drug-likeness (QED) is 0.0570. The molecule has 4 aliphatic heterocycles. The standard InChI is InChI=1S/C57H62Cl2F2N10O10/c1-8-48(72)66-40-27-77-25-38(40)64-46-16-34-31(20-62-46)14-36(50-52(58)42(74-5)18-43(75-6)53(50)59)68-56(34)70-11-13-79-33(24-70)10-12-80-45-19-44(76-7)54(60)51(55(45)61)37-15-32-21-63-47(65-39-26-78-28-41(39)67-49(73)9-2)17-35(32)57(69-37)71-22-29(3)81-30(4)23-71/h8-9,14-21,29-30,33,38-41H,1-2,10-13,22-28H2,3-7H3,(H,62,64)(H,63,65)(H,66,72)(H,67,73)/t29?,30?,33?,38-,39-,40+,41+/m1/s1. The Morgan fingerprint density at radius 2 is 1.17 bits per heavy atom. The Morgan fingerprint density at radius 3 is 1.70 bits per heavy atom. The number of fused-ring (bicyclic) bond motifs is 2. The number of anilines is 4. The van der Waals surface area contributed by atoms with Gasteiger partial charge in [0.25, 0.3) is 0 Å². The SMILES string of the molecule is C=CC(=O)N[C@H]1COC[C@H]1Nc1cc2c(N3CC(C)OC(C)C3)nc(-c3c(F)c(OC)cc(OCCC4CN(c5nc(-c6c(Cl)c(OC)cc(OC)c6Cl)cc6cnc(N[C@@H]7COC[C@@H]7NC(=O)C=C)cc56)CCO4)c3F)cc2cn1. The maximum atomic E-state index is 17.2. The normalized spacial score (nSPS) is 21.9. The summed E-state index contributed by atoms with van der Waals surface area (Å²) in [5.41, 5.74) is 0.362. The summed E-state index contributed by atoms with van der Waals surface area (Å²) < 4.78 is 80.5. The van der Waals surface area contributed by atoms with E-state index < -0.39 is 23.3 Å². The fourth-order valence-electron chi connectivity index (χ4n) is 10.6. The zero-order valence-corrected chi connectivity index (χ0v) is 46.8. The summed E-state index contributed by atoms with van der Waals surface area (Å²) in [5, 5.41) is 15.7. The summed E-state index contributed by atoms with van der Waals surface area (Å²) in [6.45, 7) is 14.2. The van der Waals surface area contributed by atoms with Crippen molar-refractivity contribution in [2.75, 3.05) is 108 Å². The summed E-state index contributed by atoms with van der Waals surface area (Å²) in [4.78, 5) is 48.2. The van der Waals surface area contributed by atoms with Gasteiger partial charge in [-0.1, -0.05) is 36.4 Å². The molecule has 4 aromatic heterocycles. The molecule has 8 heterocycles. The number of nitrogens with one attached hydrogen (secondary N) is 4. The van der Waals surface area contributed by atoms with Crippen molar-refractivity contribution in [3.63, 3.8) is 0 Å². The lowest BCUT2D eigenvalue weighted by Gasteiger charge is -2.36. The lowest BCUT2D eigenvalue weighted by molar-refractivity contribution is -0.118. The Labute approximate surface area is 476 Å². The third-order valence-electron chi connectivity index (χ3n) is 14.5. The van der Waals surface area contributed by atoms with Gasteiger partial charge < -0.3 is 69.0 Å². The highest BCUT2D eigenvalue weighted by Gasteiger charge is 2.34. The van der Waals surface area contributed by atoms with Gasteiger partial charge in [-0.25, -0.2) is 28.7 Å². The molecule has 20 nitrogen and oxygen atoms in total. The van der Waals surface area contributed by atoms with E-state index in [9.17, 15) is 9.59 Å². The minimum Gasteiger partial charge on any atom is -0.495 e. The lowest BCUT2D eigenvalue weighted by atomic mass is 10.0. The first-order valence-electron chi connectivity index (χ1n) is 26.4. The molecule has 81 heavy (non-hydrogen) atoms. The van der Waals surface area contributed by atoms with Crippen LogP contribution in [0, 0.1) is 11.6 Å². The second-order valence-corrected chi connectivity index (χ2v) is 20.8. The molecule has 3 unspecified atom stereocenters. The fourth-order valence-corrected chi connectivity index (χ4v) is 11.3. The molecule has 4 aliphatic rings. The van der Waals surface area contributed by atoms with Crippen LogP contribution < -0.4 is 50.0 Å². The van der Waals surface area contributed by atoms with Crippen LogP contribution in [0.2, 0.25) is 10.0 Å². The second-order valence-electron chi connectivity index (χ2n) is 20.1. The van der Waals surface area contributed by atoms with E-state index in [1.54, 1.807) is 24.5 Å². The van der Waals surface area contributed by atoms with E-state index in [1.165, 1.54) is 39.5 Å². The molecule has 6 aromatic rings. The van der Waals surface area contributed by atoms with Crippen molar-refractivity contribution in [2.24, 2.45) is 0 Å². The van der Waals surface area contributed by atoms with Crippen LogP contribution in [0.4, 0.5) is 32.1 Å². The molecule has 428 valence electrons. The smallest absolute Gasteiger partial charge is 0.243 e. The molecule has 7 atom stereocenters. The van der Waals surface area contributed by atoms with E-state index >= 15 is 8.78 Å². The van der Waals surface area contributed by atoms with E-state index in [-0.39, 0.29) is 88.5 Å². The first-order valence-corrected chi connectivity index (χ1v) is 27.1. The van der Waals surface area contributed by atoms with Gasteiger partial charge in [0.1, 0.15) is 34.8 Å². The van der Waals surface area contributed by atoms with Crippen molar-refractivity contribution < 1.29 is 56.3 Å². The van der Waals surface area contributed by atoms with E-state index in [4.69, 9.17) is 76.0 Å². The number of carbonyl (C=O) groups excluding carboxylic acids is 2. The highest BCUT2D eigenvalue weighted by Crippen LogP contribution is 2.47. The highest BCUT2D eigenvalue weighted by atomic mass is 35.5. The first kappa shape index (κ1) is 56.9. The van der Waals surface area contributed by atoms with Gasteiger partial charge in [-0.2, -0.15) is 0 Å². The number of carbonyl (C=O) groups is 2. The minimum atomic E-state index is -0.975. The molecule has 0 radical (unpaired) electrons. The number of amides is 2. The van der Waals surface area contributed by atoms with Crippen LogP contribution in [0.1, 0.15) is 20.3 Å². The number of pyridine rings is 4. The Hall–Kier alpha value is -7.34. The van der Waals surface area contributed by atoms with Crippen molar-refractivity contribution >= 4 is 79.8 Å². The van der Waals surface area contributed by atoms with Crippen LogP contribution in [-0.4, -0.2) is 161 Å². The Bertz CT molecular complexity index is 3350. The molecular weight excluding hydrogens is 1090 g/mol. The predicted octanol–water partition coefficient (Wildman–Crippen LogP) is 7.77. The van der Waals surface area contributed by atoms with Crippen LogP contribution in [0.25, 0.3) is 44.1 Å². The van der Waals surface area contributed by atoms with E-state index in [0.29, 0.717) is 121 Å². The Morgan fingerprint density at radius 1 is 0.679 bits per heavy atom. The van der Waals surface area contributed by atoms with Crippen LogP contribution >= 0.6 is 23.2 Å². The largest absolute Gasteiger partial charge is 0.495 e. The van der Waals surface area contributed by atoms with Crippen LogP contribution in [0.3, 0.4) is 0 Å². The van der Waals surface area contributed by atoms with Gasteiger partial charge in [-0.15, -0.1) is 0 Å². The van der Waals surface area contributed by atoms with Crippen molar-refractivity contribution in [3.05, 3.63) is 95.8 Å². The van der Waals surface area contributed by atoms with Crippen molar-refractivity contribution in [2.45, 2.75) is 62.7 Å². The van der Waals surface area contributed by atoms with Gasteiger partial charge in [-0.3, -0.25) is 9.59 Å². The molecule has 4 saturated heterocycles. The summed E-state index contributed by atoms with van der Waals surface area (Å²) >= 11 is 13.9. The highest BCUT2D eigenvalue weighted by molar-refractivity contribution is 6.41. The number of hydrogen-bond donors (Lipinski definition) is 4. The van der Waals surface area contributed by atoms with E-state index in [0.717, 1.165) is 5.39 Å². The maximum Gasteiger partial charge on any atom is 0.243 e. The lowest BCUT2D eigenvalue weighted by Crippen LogP contribution is -2.46.